The summed E-state index contributed by atoms with van der Waals surface area (Å²) in [5.41, 5.74) is 6.20. The molecule has 4 heterocycles. The SMILES string of the molecule is COc1ccc(Cn2cc(-n3c(C)ccc3C)c(=O)c3cnc(Nc4ccc(N5CCN(C)CC5)cc4)nc32)cc1. The van der Waals surface area contributed by atoms with Crippen LogP contribution in [0.15, 0.2) is 77.9 Å². The van der Waals surface area contributed by atoms with Crippen LogP contribution in [-0.4, -0.2) is 64.3 Å². The molecule has 9 heteroatoms. The zero-order valence-corrected chi connectivity index (χ0v) is 24.0. The van der Waals surface area contributed by atoms with Crippen LogP contribution in [0.4, 0.5) is 17.3 Å². The van der Waals surface area contributed by atoms with Crippen molar-refractivity contribution in [2.24, 2.45) is 0 Å². The Kier molecular flexibility index (Phi) is 7.19. The molecule has 5 aromatic rings. The van der Waals surface area contributed by atoms with E-state index >= 15 is 0 Å². The number of aromatic nitrogens is 4. The number of rotatable bonds is 7. The molecule has 1 saturated heterocycles. The van der Waals surface area contributed by atoms with Crippen molar-refractivity contribution in [2.75, 3.05) is 50.6 Å². The molecule has 0 aliphatic carbocycles. The average Bonchev–Trinajstić information content (AvgIpc) is 3.33. The van der Waals surface area contributed by atoms with E-state index in [1.807, 2.05) is 77.7 Å². The van der Waals surface area contributed by atoms with Crippen LogP contribution in [0.5, 0.6) is 5.75 Å². The minimum atomic E-state index is -0.100. The van der Waals surface area contributed by atoms with E-state index < -0.39 is 0 Å². The second kappa shape index (κ2) is 11.1. The van der Waals surface area contributed by atoms with Crippen LogP contribution in [0.25, 0.3) is 16.7 Å². The maximum Gasteiger partial charge on any atom is 0.229 e. The van der Waals surface area contributed by atoms with Crippen LogP contribution in [0.2, 0.25) is 0 Å². The Morgan fingerprint density at radius 3 is 2.24 bits per heavy atom. The van der Waals surface area contributed by atoms with E-state index in [0.717, 1.165) is 54.6 Å². The number of benzene rings is 2. The van der Waals surface area contributed by atoms with E-state index in [4.69, 9.17) is 9.72 Å². The molecule has 0 amide bonds. The molecule has 0 saturated carbocycles. The molecule has 6 rings (SSSR count). The van der Waals surface area contributed by atoms with Gasteiger partial charge in [-0.25, -0.2) is 4.98 Å². The van der Waals surface area contributed by atoms with E-state index in [-0.39, 0.29) is 5.43 Å². The first-order chi connectivity index (χ1) is 19.9. The number of nitrogens with one attached hydrogen (secondary N) is 1. The van der Waals surface area contributed by atoms with Crippen molar-refractivity contribution in [3.63, 3.8) is 0 Å². The van der Waals surface area contributed by atoms with Gasteiger partial charge >= 0.3 is 0 Å². The molecule has 210 valence electrons. The van der Waals surface area contributed by atoms with Gasteiger partial charge in [-0.15, -0.1) is 0 Å². The highest BCUT2D eigenvalue weighted by Crippen LogP contribution is 2.23. The average molecular weight is 550 g/mol. The number of likely N-dealkylation sites (N-methyl/N-ethyl adjacent to an activating group) is 1. The molecule has 0 spiro atoms. The number of nitrogens with zero attached hydrogens (tertiary/aromatic N) is 6. The normalized spacial score (nSPS) is 14.0. The number of anilines is 3. The molecule has 3 aromatic heterocycles. The van der Waals surface area contributed by atoms with Crippen molar-refractivity contribution >= 4 is 28.4 Å². The van der Waals surface area contributed by atoms with Gasteiger partial charge in [-0.2, -0.15) is 4.98 Å². The van der Waals surface area contributed by atoms with Crippen molar-refractivity contribution in [3.05, 3.63) is 100 Å². The zero-order valence-electron chi connectivity index (χ0n) is 24.0. The van der Waals surface area contributed by atoms with E-state index in [1.54, 1.807) is 13.3 Å². The molecule has 2 aromatic carbocycles. The third kappa shape index (κ3) is 5.40. The molecule has 0 bridgehead atoms. The maximum atomic E-state index is 13.7. The molecule has 1 fully saturated rings. The second-order valence-corrected chi connectivity index (χ2v) is 10.7. The first kappa shape index (κ1) is 26.6. The van der Waals surface area contributed by atoms with Gasteiger partial charge in [0.25, 0.3) is 0 Å². The Morgan fingerprint density at radius 1 is 0.902 bits per heavy atom. The van der Waals surface area contributed by atoms with Gasteiger partial charge in [0.1, 0.15) is 17.1 Å². The Morgan fingerprint density at radius 2 is 1.59 bits per heavy atom. The van der Waals surface area contributed by atoms with Crippen molar-refractivity contribution in [2.45, 2.75) is 20.4 Å². The van der Waals surface area contributed by atoms with Gasteiger partial charge in [-0.1, -0.05) is 12.1 Å². The molecular formula is C32H35N7O2. The van der Waals surface area contributed by atoms with Crippen LogP contribution in [0.3, 0.4) is 0 Å². The zero-order chi connectivity index (χ0) is 28.5. The fourth-order valence-corrected chi connectivity index (χ4v) is 5.42. The van der Waals surface area contributed by atoms with Gasteiger partial charge in [0, 0.05) is 67.9 Å². The smallest absolute Gasteiger partial charge is 0.229 e. The highest BCUT2D eigenvalue weighted by molar-refractivity contribution is 5.78. The van der Waals surface area contributed by atoms with E-state index in [0.29, 0.717) is 29.2 Å². The van der Waals surface area contributed by atoms with Gasteiger partial charge in [0.15, 0.2) is 0 Å². The van der Waals surface area contributed by atoms with Gasteiger partial charge in [-0.3, -0.25) is 4.79 Å². The quantitative estimate of drug-likeness (QED) is 0.314. The third-order valence-corrected chi connectivity index (χ3v) is 7.81. The Bertz CT molecular complexity index is 1710. The molecule has 9 nitrogen and oxygen atoms in total. The minimum Gasteiger partial charge on any atom is -0.497 e. The van der Waals surface area contributed by atoms with Crippen molar-refractivity contribution in [1.82, 2.24) is 24.0 Å². The molecule has 1 aliphatic heterocycles. The summed E-state index contributed by atoms with van der Waals surface area (Å²) in [7, 11) is 3.82. The lowest BCUT2D eigenvalue weighted by Gasteiger charge is -2.34. The van der Waals surface area contributed by atoms with Crippen LogP contribution in [0.1, 0.15) is 17.0 Å². The lowest BCUT2D eigenvalue weighted by molar-refractivity contribution is 0.313. The largest absolute Gasteiger partial charge is 0.497 e. The summed E-state index contributed by atoms with van der Waals surface area (Å²) in [4.78, 5) is 27.9. The summed E-state index contributed by atoms with van der Waals surface area (Å²) < 4.78 is 9.34. The van der Waals surface area contributed by atoms with Gasteiger partial charge in [0.05, 0.1) is 12.5 Å². The van der Waals surface area contributed by atoms with Gasteiger partial charge < -0.3 is 29.0 Å². The molecule has 0 atom stereocenters. The first-order valence-electron chi connectivity index (χ1n) is 13.9. The van der Waals surface area contributed by atoms with Crippen LogP contribution in [-0.2, 0) is 6.54 Å². The molecule has 41 heavy (non-hydrogen) atoms. The maximum absolute atomic E-state index is 13.7. The lowest BCUT2D eigenvalue weighted by Crippen LogP contribution is -2.44. The molecular weight excluding hydrogens is 514 g/mol. The highest BCUT2D eigenvalue weighted by atomic mass is 16.5. The molecule has 0 unspecified atom stereocenters. The Hall–Kier alpha value is -4.63. The third-order valence-electron chi connectivity index (χ3n) is 7.81. The fraction of sp³-hybridized carbons (Fsp3) is 0.281. The minimum absolute atomic E-state index is 0.100. The van der Waals surface area contributed by atoms with E-state index in [2.05, 4.69) is 39.3 Å². The van der Waals surface area contributed by atoms with Crippen LogP contribution < -0.4 is 20.4 Å². The van der Waals surface area contributed by atoms with Gasteiger partial charge in [-0.05, 0) is 75.0 Å². The summed E-state index contributed by atoms with van der Waals surface area (Å²) >= 11 is 0. The predicted octanol–water partition coefficient (Wildman–Crippen LogP) is 4.75. The summed E-state index contributed by atoms with van der Waals surface area (Å²) in [5, 5.41) is 3.80. The van der Waals surface area contributed by atoms with Crippen molar-refractivity contribution in [1.29, 1.82) is 0 Å². The second-order valence-electron chi connectivity index (χ2n) is 10.7. The van der Waals surface area contributed by atoms with Crippen molar-refractivity contribution < 1.29 is 4.74 Å². The number of pyridine rings is 1. The number of ether oxygens (including phenoxy) is 1. The molecule has 0 radical (unpaired) electrons. The van der Waals surface area contributed by atoms with Crippen LogP contribution >= 0.6 is 0 Å². The van der Waals surface area contributed by atoms with Gasteiger partial charge in [0.2, 0.25) is 11.4 Å². The number of hydrogen-bond acceptors (Lipinski definition) is 7. The summed E-state index contributed by atoms with van der Waals surface area (Å²) in [6.07, 6.45) is 3.53. The number of fused-ring (bicyclic) bond motifs is 1. The monoisotopic (exact) mass is 549 g/mol. The molecule has 1 aliphatic rings. The molecule has 1 N–H and O–H groups in total. The number of piperazine rings is 1. The number of methoxy groups -OCH3 is 1. The topological polar surface area (TPSA) is 80.4 Å². The number of aryl methyl sites for hydroxylation is 2. The van der Waals surface area contributed by atoms with E-state index in [9.17, 15) is 4.79 Å². The summed E-state index contributed by atoms with van der Waals surface area (Å²) in [6, 6.07) is 20.3. The Balaban J connectivity index is 1.36. The lowest BCUT2D eigenvalue weighted by atomic mass is 10.2. The van der Waals surface area contributed by atoms with Crippen molar-refractivity contribution in [3.8, 4) is 11.4 Å². The first-order valence-corrected chi connectivity index (χ1v) is 13.9. The number of hydrogen-bond donors (Lipinski definition) is 1. The summed E-state index contributed by atoms with van der Waals surface area (Å²) in [5.74, 6) is 1.24. The Labute approximate surface area is 239 Å². The summed E-state index contributed by atoms with van der Waals surface area (Å²) in [6.45, 7) is 8.71. The fourth-order valence-electron chi connectivity index (χ4n) is 5.42. The standard InChI is InChI=1S/C32H35N7O2/c1-22-5-6-23(2)39(22)29-21-38(20-24-7-13-27(41-4)14-8-24)31-28(30(29)40)19-33-32(35-31)34-25-9-11-26(12-10-25)37-17-15-36(3)16-18-37/h5-14,19,21H,15-18,20H2,1-4H3,(H,33,34,35). The highest BCUT2D eigenvalue weighted by Gasteiger charge is 2.17. The predicted molar refractivity (Wildman–Crippen MR) is 164 cm³/mol. The van der Waals surface area contributed by atoms with E-state index in [1.165, 1.54) is 5.69 Å². The van der Waals surface area contributed by atoms with Crippen LogP contribution in [0, 0.1) is 13.8 Å².